The summed E-state index contributed by atoms with van der Waals surface area (Å²) in [7, 11) is 0. The molecule has 0 amide bonds. The van der Waals surface area contributed by atoms with E-state index in [1.807, 2.05) is 12.1 Å². The van der Waals surface area contributed by atoms with Gasteiger partial charge in [-0.3, -0.25) is 0 Å². The Hall–Kier alpha value is -0.920. The zero-order chi connectivity index (χ0) is 9.26. The van der Waals surface area contributed by atoms with Gasteiger partial charge in [0.2, 0.25) is 0 Å². The maximum atomic E-state index is 5.97. The van der Waals surface area contributed by atoms with Crippen molar-refractivity contribution in [3.05, 3.63) is 46.6 Å². The Bertz CT molecular complexity index is 407. The fourth-order valence-corrected chi connectivity index (χ4v) is 1.50. The third-order valence-electron chi connectivity index (χ3n) is 1.72. The van der Waals surface area contributed by atoms with Crippen LogP contribution in [0.2, 0.25) is 10.0 Å². The van der Waals surface area contributed by atoms with E-state index in [0.717, 1.165) is 11.3 Å². The van der Waals surface area contributed by atoms with Crippen molar-refractivity contribution in [2.75, 3.05) is 0 Å². The molecule has 0 atom stereocenters. The molecule has 2 aromatic rings. The topological polar surface area (TPSA) is 13.1 Å². The van der Waals surface area contributed by atoms with E-state index < -0.39 is 0 Å². The standard InChI is InChI=1S/C10H6Cl2O/c11-7-3-4-9(12)8(6-7)10-2-1-5-13-10/h1-6H. The molecule has 0 aliphatic rings. The zero-order valence-electron chi connectivity index (χ0n) is 6.63. The first-order valence-electron chi connectivity index (χ1n) is 3.76. The molecular formula is C10H6Cl2O. The fourth-order valence-electron chi connectivity index (χ4n) is 1.12. The highest BCUT2D eigenvalue weighted by Crippen LogP contribution is 2.30. The molecule has 0 unspecified atom stereocenters. The highest BCUT2D eigenvalue weighted by atomic mass is 35.5. The van der Waals surface area contributed by atoms with Gasteiger partial charge in [-0.05, 0) is 30.3 Å². The lowest BCUT2D eigenvalue weighted by atomic mass is 10.2. The van der Waals surface area contributed by atoms with Crippen LogP contribution in [0.25, 0.3) is 11.3 Å². The highest BCUT2D eigenvalue weighted by Gasteiger charge is 2.05. The molecule has 1 aromatic heterocycles. The summed E-state index contributed by atoms with van der Waals surface area (Å²) in [6.07, 6.45) is 1.60. The average Bonchev–Trinajstić information content (AvgIpc) is 2.61. The van der Waals surface area contributed by atoms with E-state index in [1.54, 1.807) is 24.5 Å². The van der Waals surface area contributed by atoms with Crippen LogP contribution in [-0.4, -0.2) is 0 Å². The van der Waals surface area contributed by atoms with Gasteiger partial charge in [-0.1, -0.05) is 23.2 Å². The second kappa shape index (κ2) is 3.44. The first-order chi connectivity index (χ1) is 6.27. The molecule has 0 aliphatic heterocycles. The normalized spacial score (nSPS) is 10.3. The van der Waals surface area contributed by atoms with Crippen molar-refractivity contribution in [1.82, 2.24) is 0 Å². The maximum absolute atomic E-state index is 5.97. The minimum Gasteiger partial charge on any atom is -0.464 e. The largest absolute Gasteiger partial charge is 0.464 e. The Morgan fingerprint density at radius 2 is 1.92 bits per heavy atom. The van der Waals surface area contributed by atoms with Crippen LogP contribution in [0.15, 0.2) is 41.0 Å². The first-order valence-corrected chi connectivity index (χ1v) is 4.52. The molecule has 0 saturated heterocycles. The van der Waals surface area contributed by atoms with Gasteiger partial charge in [-0.2, -0.15) is 0 Å². The maximum Gasteiger partial charge on any atom is 0.135 e. The molecule has 13 heavy (non-hydrogen) atoms. The second-order valence-corrected chi connectivity index (χ2v) is 3.45. The summed E-state index contributed by atoms with van der Waals surface area (Å²) in [6, 6.07) is 8.94. The summed E-state index contributed by atoms with van der Waals surface area (Å²) >= 11 is 11.8. The number of hydrogen-bond acceptors (Lipinski definition) is 1. The minimum absolute atomic E-state index is 0.638. The summed E-state index contributed by atoms with van der Waals surface area (Å²) < 4.78 is 5.21. The average molecular weight is 213 g/mol. The molecule has 0 spiro atoms. The van der Waals surface area contributed by atoms with Gasteiger partial charge in [-0.15, -0.1) is 0 Å². The van der Waals surface area contributed by atoms with Crippen LogP contribution < -0.4 is 0 Å². The van der Waals surface area contributed by atoms with Gasteiger partial charge in [0.25, 0.3) is 0 Å². The van der Waals surface area contributed by atoms with E-state index >= 15 is 0 Å². The second-order valence-electron chi connectivity index (χ2n) is 2.60. The third kappa shape index (κ3) is 1.71. The Kier molecular flexibility index (Phi) is 2.30. The number of benzene rings is 1. The van der Waals surface area contributed by atoms with Crippen LogP contribution in [0.4, 0.5) is 0 Å². The van der Waals surface area contributed by atoms with Crippen molar-refractivity contribution in [3.63, 3.8) is 0 Å². The van der Waals surface area contributed by atoms with Crippen molar-refractivity contribution >= 4 is 23.2 Å². The molecule has 66 valence electrons. The lowest BCUT2D eigenvalue weighted by Gasteiger charge is -2.00. The van der Waals surface area contributed by atoms with Crippen molar-refractivity contribution < 1.29 is 4.42 Å². The first kappa shape index (κ1) is 8.67. The predicted octanol–water partition coefficient (Wildman–Crippen LogP) is 4.25. The van der Waals surface area contributed by atoms with E-state index in [-0.39, 0.29) is 0 Å². The summed E-state index contributed by atoms with van der Waals surface area (Å²) in [6.45, 7) is 0. The molecular weight excluding hydrogens is 207 g/mol. The molecule has 1 aromatic carbocycles. The summed E-state index contributed by atoms with van der Waals surface area (Å²) in [5.41, 5.74) is 0.819. The molecule has 3 heteroatoms. The molecule has 0 aliphatic carbocycles. The summed E-state index contributed by atoms with van der Waals surface area (Å²) in [4.78, 5) is 0. The molecule has 0 N–H and O–H groups in total. The fraction of sp³-hybridized carbons (Fsp3) is 0. The van der Waals surface area contributed by atoms with E-state index in [2.05, 4.69) is 0 Å². The summed E-state index contributed by atoms with van der Waals surface area (Å²) in [5, 5.41) is 1.29. The van der Waals surface area contributed by atoms with E-state index in [0.29, 0.717) is 10.0 Å². The molecule has 1 nitrogen and oxygen atoms in total. The van der Waals surface area contributed by atoms with Crippen molar-refractivity contribution in [1.29, 1.82) is 0 Å². The SMILES string of the molecule is Clc1ccc(Cl)c(-c2ccco2)c1. The van der Waals surface area contributed by atoms with Gasteiger partial charge in [-0.25, -0.2) is 0 Å². The Labute approximate surface area is 85.9 Å². The van der Waals surface area contributed by atoms with Gasteiger partial charge in [0.1, 0.15) is 5.76 Å². The Morgan fingerprint density at radius 3 is 2.62 bits per heavy atom. The predicted molar refractivity (Wildman–Crippen MR) is 54.2 cm³/mol. The van der Waals surface area contributed by atoms with Crippen LogP contribution in [0.1, 0.15) is 0 Å². The van der Waals surface area contributed by atoms with Crippen molar-refractivity contribution in [2.24, 2.45) is 0 Å². The zero-order valence-corrected chi connectivity index (χ0v) is 8.14. The number of furan rings is 1. The lowest BCUT2D eigenvalue weighted by Crippen LogP contribution is -1.75. The quantitative estimate of drug-likeness (QED) is 0.689. The number of rotatable bonds is 1. The van der Waals surface area contributed by atoms with E-state index in [4.69, 9.17) is 27.6 Å². The molecule has 1 heterocycles. The summed E-state index contributed by atoms with van der Waals surface area (Å²) in [5.74, 6) is 0.729. The van der Waals surface area contributed by atoms with Crippen molar-refractivity contribution in [2.45, 2.75) is 0 Å². The minimum atomic E-state index is 0.638. The molecule has 0 fully saturated rings. The van der Waals surface area contributed by atoms with Crippen LogP contribution in [0.5, 0.6) is 0 Å². The Morgan fingerprint density at radius 1 is 1.08 bits per heavy atom. The van der Waals surface area contributed by atoms with Gasteiger partial charge < -0.3 is 4.42 Å². The van der Waals surface area contributed by atoms with Crippen molar-refractivity contribution in [3.8, 4) is 11.3 Å². The molecule has 0 radical (unpaired) electrons. The van der Waals surface area contributed by atoms with E-state index in [9.17, 15) is 0 Å². The highest BCUT2D eigenvalue weighted by molar-refractivity contribution is 6.35. The van der Waals surface area contributed by atoms with Gasteiger partial charge in [0, 0.05) is 10.6 Å². The number of halogens is 2. The van der Waals surface area contributed by atoms with Gasteiger partial charge >= 0.3 is 0 Å². The van der Waals surface area contributed by atoms with Gasteiger partial charge in [0.05, 0.1) is 11.3 Å². The van der Waals surface area contributed by atoms with Crippen LogP contribution in [0, 0.1) is 0 Å². The number of hydrogen-bond donors (Lipinski definition) is 0. The monoisotopic (exact) mass is 212 g/mol. The van der Waals surface area contributed by atoms with Crippen LogP contribution >= 0.6 is 23.2 Å². The van der Waals surface area contributed by atoms with Crippen LogP contribution in [-0.2, 0) is 0 Å². The lowest BCUT2D eigenvalue weighted by molar-refractivity contribution is 0.582. The smallest absolute Gasteiger partial charge is 0.135 e. The molecule has 0 saturated carbocycles. The van der Waals surface area contributed by atoms with Gasteiger partial charge in [0.15, 0.2) is 0 Å². The van der Waals surface area contributed by atoms with E-state index in [1.165, 1.54) is 0 Å². The Balaban J connectivity index is 2.57. The third-order valence-corrected chi connectivity index (χ3v) is 2.28. The van der Waals surface area contributed by atoms with Crippen LogP contribution in [0.3, 0.4) is 0 Å². The molecule has 0 bridgehead atoms. The molecule has 2 rings (SSSR count).